The summed E-state index contributed by atoms with van der Waals surface area (Å²) in [6, 6.07) is 7.43. The Balaban J connectivity index is 2.98. The first kappa shape index (κ1) is 12.2. The molecule has 0 unspecified atom stereocenters. The Bertz CT molecular complexity index is 424. The van der Waals surface area contributed by atoms with Gasteiger partial charge in [-0.2, -0.15) is 0 Å². The summed E-state index contributed by atoms with van der Waals surface area (Å²) in [4.78, 5) is 0.415. The summed E-state index contributed by atoms with van der Waals surface area (Å²) < 4.78 is 22.9. The highest BCUT2D eigenvalue weighted by Gasteiger charge is 2.11. The van der Waals surface area contributed by atoms with Gasteiger partial charge in [0.1, 0.15) is 0 Å². The van der Waals surface area contributed by atoms with Crippen molar-refractivity contribution in [2.75, 3.05) is 6.26 Å². The first-order valence-corrected chi connectivity index (χ1v) is 6.81. The minimum absolute atomic E-state index is 0.345. The van der Waals surface area contributed by atoms with Crippen molar-refractivity contribution in [3.8, 4) is 0 Å². The summed E-state index contributed by atoms with van der Waals surface area (Å²) in [6.07, 6.45) is 1.24. The molecule has 3 nitrogen and oxygen atoms in total. The lowest BCUT2D eigenvalue weighted by Gasteiger charge is -2.11. The molecule has 1 N–H and O–H groups in total. The Kier molecular flexibility index (Phi) is 3.88. The van der Waals surface area contributed by atoms with Gasteiger partial charge in [0.15, 0.2) is 9.84 Å². The third-order valence-corrected chi connectivity index (χ3v) is 3.27. The second-order valence-electron chi connectivity index (χ2n) is 3.92. The molecular weight excluding hydrogens is 210 g/mol. The number of benzene rings is 1. The van der Waals surface area contributed by atoms with Crippen molar-refractivity contribution < 1.29 is 8.42 Å². The maximum absolute atomic E-state index is 11.5. The van der Waals surface area contributed by atoms with Gasteiger partial charge in [-0.25, -0.2) is 8.42 Å². The van der Waals surface area contributed by atoms with Gasteiger partial charge in [-0.05, 0) is 11.6 Å². The molecule has 0 amide bonds. The molecule has 0 saturated heterocycles. The van der Waals surface area contributed by atoms with E-state index in [-0.39, 0.29) is 0 Å². The van der Waals surface area contributed by atoms with Gasteiger partial charge in [0.25, 0.3) is 0 Å². The minimum atomic E-state index is -3.12. The van der Waals surface area contributed by atoms with Gasteiger partial charge in [0, 0.05) is 18.8 Å². The van der Waals surface area contributed by atoms with E-state index < -0.39 is 9.84 Å². The van der Waals surface area contributed by atoms with Gasteiger partial charge in [0.05, 0.1) is 4.90 Å². The molecule has 0 heterocycles. The summed E-state index contributed by atoms with van der Waals surface area (Å²) >= 11 is 0. The molecule has 15 heavy (non-hydrogen) atoms. The molecule has 1 rings (SSSR count). The lowest BCUT2D eigenvalue weighted by Crippen LogP contribution is -2.22. The van der Waals surface area contributed by atoms with Crippen molar-refractivity contribution in [2.45, 2.75) is 31.3 Å². The zero-order valence-electron chi connectivity index (χ0n) is 9.32. The highest BCUT2D eigenvalue weighted by molar-refractivity contribution is 7.90. The fourth-order valence-corrected chi connectivity index (χ4v) is 2.27. The van der Waals surface area contributed by atoms with Crippen LogP contribution in [0.3, 0.4) is 0 Å². The summed E-state index contributed by atoms with van der Waals surface area (Å²) in [5.41, 5.74) is 0.828. The maximum Gasteiger partial charge on any atom is 0.175 e. The van der Waals surface area contributed by atoms with Crippen LogP contribution >= 0.6 is 0 Å². The summed E-state index contributed by atoms with van der Waals surface area (Å²) in [7, 11) is -3.12. The molecule has 0 fully saturated rings. The molecule has 0 radical (unpaired) electrons. The van der Waals surface area contributed by atoms with Crippen LogP contribution in [0.5, 0.6) is 0 Å². The molecular formula is C11H17NO2S. The van der Waals surface area contributed by atoms with Gasteiger partial charge in [-0.15, -0.1) is 0 Å². The van der Waals surface area contributed by atoms with Gasteiger partial charge >= 0.3 is 0 Å². The van der Waals surface area contributed by atoms with Crippen LogP contribution in [0.4, 0.5) is 0 Å². The third kappa shape index (κ3) is 3.64. The highest BCUT2D eigenvalue weighted by atomic mass is 32.2. The molecule has 1 aromatic rings. The van der Waals surface area contributed by atoms with Crippen LogP contribution in [0.15, 0.2) is 29.2 Å². The minimum Gasteiger partial charge on any atom is -0.310 e. The Labute approximate surface area is 91.4 Å². The van der Waals surface area contributed by atoms with Gasteiger partial charge < -0.3 is 5.32 Å². The monoisotopic (exact) mass is 227 g/mol. The Morgan fingerprint density at radius 2 is 1.87 bits per heavy atom. The van der Waals surface area contributed by atoms with E-state index in [1.54, 1.807) is 12.1 Å². The topological polar surface area (TPSA) is 46.2 Å². The predicted molar refractivity (Wildman–Crippen MR) is 61.5 cm³/mol. The standard InChI is InChI=1S/C11H17NO2S/c1-9(2)12-8-10-6-4-5-7-11(10)15(3,13)14/h4-7,9,12H,8H2,1-3H3. The molecule has 0 bridgehead atoms. The largest absolute Gasteiger partial charge is 0.310 e. The number of sulfone groups is 1. The Morgan fingerprint density at radius 3 is 2.40 bits per heavy atom. The maximum atomic E-state index is 11.5. The van der Waals surface area contributed by atoms with Crippen molar-refractivity contribution in [3.63, 3.8) is 0 Å². The second kappa shape index (κ2) is 4.77. The zero-order chi connectivity index (χ0) is 11.5. The number of hydrogen-bond acceptors (Lipinski definition) is 3. The summed E-state index contributed by atoms with van der Waals surface area (Å²) in [5, 5.41) is 3.21. The number of hydrogen-bond donors (Lipinski definition) is 1. The van der Waals surface area contributed by atoms with E-state index in [1.165, 1.54) is 6.26 Å². The zero-order valence-corrected chi connectivity index (χ0v) is 10.1. The van der Waals surface area contributed by atoms with E-state index >= 15 is 0 Å². The molecule has 0 aromatic heterocycles. The average Bonchev–Trinajstić information content (AvgIpc) is 2.13. The molecule has 0 aliphatic rings. The van der Waals surface area contributed by atoms with E-state index in [0.29, 0.717) is 17.5 Å². The van der Waals surface area contributed by atoms with E-state index in [0.717, 1.165) is 5.56 Å². The molecule has 1 aromatic carbocycles. The predicted octanol–water partition coefficient (Wildman–Crippen LogP) is 1.59. The van der Waals surface area contributed by atoms with Crippen LogP contribution in [0.25, 0.3) is 0 Å². The van der Waals surface area contributed by atoms with Crippen molar-refractivity contribution in [1.29, 1.82) is 0 Å². The van der Waals surface area contributed by atoms with Gasteiger partial charge in [0.2, 0.25) is 0 Å². The molecule has 4 heteroatoms. The first-order chi connectivity index (χ1) is 6.91. The van der Waals surface area contributed by atoms with Gasteiger partial charge in [-0.3, -0.25) is 0 Å². The van der Waals surface area contributed by atoms with E-state index in [2.05, 4.69) is 5.32 Å². The van der Waals surface area contributed by atoms with Crippen LogP contribution in [-0.4, -0.2) is 20.7 Å². The number of rotatable bonds is 4. The van der Waals surface area contributed by atoms with Crippen molar-refractivity contribution in [3.05, 3.63) is 29.8 Å². The third-order valence-electron chi connectivity index (χ3n) is 2.07. The molecule has 84 valence electrons. The smallest absolute Gasteiger partial charge is 0.175 e. The molecule has 0 aliphatic heterocycles. The van der Waals surface area contributed by atoms with Crippen molar-refractivity contribution >= 4 is 9.84 Å². The van der Waals surface area contributed by atoms with Crippen LogP contribution in [0.1, 0.15) is 19.4 Å². The number of nitrogens with one attached hydrogen (secondary N) is 1. The van der Waals surface area contributed by atoms with Crippen LogP contribution in [0.2, 0.25) is 0 Å². The Hall–Kier alpha value is -0.870. The summed E-state index contributed by atoms with van der Waals surface area (Å²) in [5.74, 6) is 0. The van der Waals surface area contributed by atoms with E-state index in [4.69, 9.17) is 0 Å². The molecule has 0 spiro atoms. The SMILES string of the molecule is CC(C)NCc1ccccc1S(C)(=O)=O. The highest BCUT2D eigenvalue weighted by Crippen LogP contribution is 2.14. The fraction of sp³-hybridized carbons (Fsp3) is 0.455. The summed E-state index contributed by atoms with van der Waals surface area (Å²) in [6.45, 7) is 4.65. The van der Waals surface area contributed by atoms with Crippen molar-refractivity contribution in [2.24, 2.45) is 0 Å². The van der Waals surface area contributed by atoms with Crippen LogP contribution < -0.4 is 5.32 Å². The molecule has 0 saturated carbocycles. The van der Waals surface area contributed by atoms with Crippen LogP contribution in [0, 0.1) is 0 Å². The van der Waals surface area contributed by atoms with E-state index in [1.807, 2.05) is 26.0 Å². The van der Waals surface area contributed by atoms with Crippen LogP contribution in [-0.2, 0) is 16.4 Å². The van der Waals surface area contributed by atoms with E-state index in [9.17, 15) is 8.42 Å². The lowest BCUT2D eigenvalue weighted by atomic mass is 10.2. The molecule has 0 atom stereocenters. The normalized spacial score (nSPS) is 12.0. The van der Waals surface area contributed by atoms with Gasteiger partial charge in [-0.1, -0.05) is 32.0 Å². The van der Waals surface area contributed by atoms with Crippen molar-refractivity contribution in [1.82, 2.24) is 5.32 Å². The fourth-order valence-electron chi connectivity index (χ4n) is 1.33. The average molecular weight is 227 g/mol. The molecule has 0 aliphatic carbocycles. The Morgan fingerprint density at radius 1 is 1.27 bits per heavy atom. The second-order valence-corrected chi connectivity index (χ2v) is 5.90. The first-order valence-electron chi connectivity index (χ1n) is 4.92. The quantitative estimate of drug-likeness (QED) is 0.849. The lowest BCUT2D eigenvalue weighted by molar-refractivity contribution is 0.577.